The topological polar surface area (TPSA) is 141 Å². The van der Waals surface area contributed by atoms with E-state index in [2.05, 4.69) is 0 Å². The molecule has 0 spiro atoms. The van der Waals surface area contributed by atoms with Gasteiger partial charge in [0.15, 0.2) is 11.2 Å². The fourth-order valence-corrected chi connectivity index (χ4v) is 4.04. The van der Waals surface area contributed by atoms with E-state index in [1.807, 2.05) is 0 Å². The predicted molar refractivity (Wildman–Crippen MR) is 129 cm³/mol. The molecule has 2 aromatic carbocycles. The minimum absolute atomic E-state index is 0.212. The first kappa shape index (κ1) is 28.3. The van der Waals surface area contributed by atoms with Crippen molar-refractivity contribution in [1.29, 1.82) is 0 Å². The van der Waals surface area contributed by atoms with Crippen molar-refractivity contribution >= 4 is 29.8 Å². The van der Waals surface area contributed by atoms with E-state index in [9.17, 15) is 24.0 Å². The van der Waals surface area contributed by atoms with Crippen molar-refractivity contribution in [2.24, 2.45) is 0 Å². The van der Waals surface area contributed by atoms with E-state index >= 15 is 0 Å². The highest BCUT2D eigenvalue weighted by molar-refractivity contribution is 5.90. The number of ether oxygens (including phenoxy) is 6. The molecule has 1 saturated heterocycles. The summed E-state index contributed by atoms with van der Waals surface area (Å²) in [7, 11) is 0. The zero-order valence-electron chi connectivity index (χ0n) is 21.3. The Morgan fingerprint density at radius 1 is 0.711 bits per heavy atom. The Labute approximate surface area is 218 Å². The summed E-state index contributed by atoms with van der Waals surface area (Å²) >= 11 is 0. The molecule has 3 unspecified atom stereocenters. The first-order chi connectivity index (χ1) is 18.0. The molecule has 2 aromatic rings. The van der Waals surface area contributed by atoms with Crippen molar-refractivity contribution in [2.45, 2.75) is 51.3 Å². The molecule has 0 N–H and O–H groups in total. The van der Waals surface area contributed by atoms with Crippen LogP contribution >= 0.6 is 0 Å². The van der Waals surface area contributed by atoms with E-state index in [0.717, 1.165) is 20.8 Å². The maximum Gasteiger partial charge on any atom is 0.338 e. The average Bonchev–Trinajstić information content (AvgIpc) is 3.07. The fraction of sp³-hybridized carbons (Fsp3) is 0.370. The standard InChI is InChI=1S/C27H28O11/c1-17(28)35-22-25(36-18(2)29)38-27(26(22,4)37-19(3)30,15-33-23(31)20-11-7-5-8-12-20)16-34-24(32)21-13-9-6-10-14-21/h5-14,22,25H,15-16H2,1-4H3. The molecule has 3 rings (SSSR count). The third kappa shape index (κ3) is 6.35. The number of carbonyl (C=O) groups is 5. The Bertz CT molecular complexity index is 1120. The van der Waals surface area contributed by atoms with Crippen LogP contribution in [0.2, 0.25) is 0 Å². The Morgan fingerprint density at radius 3 is 1.55 bits per heavy atom. The summed E-state index contributed by atoms with van der Waals surface area (Å²) in [5.74, 6) is -3.92. The Hall–Kier alpha value is -4.25. The number of hydrogen-bond acceptors (Lipinski definition) is 11. The maximum absolute atomic E-state index is 12.8. The van der Waals surface area contributed by atoms with E-state index in [4.69, 9.17) is 28.4 Å². The van der Waals surface area contributed by atoms with Crippen molar-refractivity contribution in [1.82, 2.24) is 0 Å². The summed E-state index contributed by atoms with van der Waals surface area (Å²) < 4.78 is 33.2. The van der Waals surface area contributed by atoms with E-state index in [1.54, 1.807) is 36.4 Å². The molecule has 1 aliphatic rings. The molecule has 1 aliphatic heterocycles. The van der Waals surface area contributed by atoms with Crippen molar-refractivity contribution in [3.05, 3.63) is 71.8 Å². The Kier molecular flexibility index (Phi) is 8.84. The molecule has 0 bridgehead atoms. The number of hydrogen-bond donors (Lipinski definition) is 0. The lowest BCUT2D eigenvalue weighted by molar-refractivity contribution is -0.221. The highest BCUT2D eigenvalue weighted by Gasteiger charge is 2.70. The molecular formula is C27H28O11. The van der Waals surface area contributed by atoms with Gasteiger partial charge in [-0.05, 0) is 31.2 Å². The van der Waals surface area contributed by atoms with Crippen LogP contribution in [0.15, 0.2) is 60.7 Å². The summed E-state index contributed by atoms with van der Waals surface area (Å²) in [5, 5.41) is 0. The van der Waals surface area contributed by atoms with Crippen molar-refractivity contribution in [3.63, 3.8) is 0 Å². The van der Waals surface area contributed by atoms with Gasteiger partial charge in [0.25, 0.3) is 0 Å². The highest BCUT2D eigenvalue weighted by atomic mass is 16.8. The van der Waals surface area contributed by atoms with Crippen LogP contribution in [0.4, 0.5) is 0 Å². The lowest BCUT2D eigenvalue weighted by atomic mass is 9.82. The molecule has 202 valence electrons. The molecule has 3 atom stereocenters. The summed E-state index contributed by atoms with van der Waals surface area (Å²) in [6.45, 7) is 3.38. The molecule has 0 amide bonds. The summed E-state index contributed by atoms with van der Waals surface area (Å²) in [5.41, 5.74) is -3.49. The van der Waals surface area contributed by atoms with Gasteiger partial charge in [-0.25, -0.2) is 9.59 Å². The zero-order chi connectivity index (χ0) is 27.9. The number of rotatable bonds is 9. The lowest BCUT2D eigenvalue weighted by Gasteiger charge is -2.41. The molecule has 0 aromatic heterocycles. The van der Waals surface area contributed by atoms with Crippen LogP contribution in [0.1, 0.15) is 48.4 Å². The van der Waals surface area contributed by atoms with Gasteiger partial charge in [0.1, 0.15) is 13.2 Å². The minimum Gasteiger partial charge on any atom is -0.459 e. The third-order valence-corrected chi connectivity index (χ3v) is 5.86. The molecule has 0 radical (unpaired) electrons. The SMILES string of the molecule is CC(=O)OC1OC(COC(=O)c2ccccc2)(COC(=O)c2ccccc2)C(C)(OC(C)=O)C1OC(C)=O. The van der Waals surface area contributed by atoms with Crippen LogP contribution in [0.3, 0.4) is 0 Å². The molecule has 0 saturated carbocycles. The quantitative estimate of drug-likeness (QED) is 0.350. The molecule has 1 fully saturated rings. The van der Waals surface area contributed by atoms with E-state index < -0.39 is 66.7 Å². The molecule has 0 aliphatic carbocycles. The van der Waals surface area contributed by atoms with Crippen molar-refractivity contribution in [3.8, 4) is 0 Å². The van der Waals surface area contributed by atoms with Gasteiger partial charge in [0.2, 0.25) is 12.4 Å². The van der Waals surface area contributed by atoms with Gasteiger partial charge in [-0.15, -0.1) is 0 Å². The van der Waals surface area contributed by atoms with Crippen LogP contribution in [0, 0.1) is 0 Å². The first-order valence-electron chi connectivity index (χ1n) is 11.6. The van der Waals surface area contributed by atoms with Crippen LogP contribution in [-0.2, 0) is 42.8 Å². The Balaban J connectivity index is 2.04. The average molecular weight is 529 g/mol. The van der Waals surface area contributed by atoms with Gasteiger partial charge in [-0.1, -0.05) is 36.4 Å². The highest BCUT2D eigenvalue weighted by Crippen LogP contribution is 2.46. The van der Waals surface area contributed by atoms with Gasteiger partial charge in [0.05, 0.1) is 11.1 Å². The van der Waals surface area contributed by atoms with Gasteiger partial charge >= 0.3 is 29.8 Å². The van der Waals surface area contributed by atoms with E-state index in [-0.39, 0.29) is 11.1 Å². The largest absolute Gasteiger partial charge is 0.459 e. The molecule has 11 heteroatoms. The van der Waals surface area contributed by atoms with E-state index in [0.29, 0.717) is 0 Å². The second-order valence-corrected chi connectivity index (χ2v) is 8.71. The summed E-state index contributed by atoms with van der Waals surface area (Å²) in [6.07, 6.45) is -3.09. The zero-order valence-corrected chi connectivity index (χ0v) is 21.3. The third-order valence-electron chi connectivity index (χ3n) is 5.86. The monoisotopic (exact) mass is 528 g/mol. The minimum atomic E-state index is -1.96. The van der Waals surface area contributed by atoms with Gasteiger partial charge in [-0.3, -0.25) is 14.4 Å². The van der Waals surface area contributed by atoms with Crippen LogP contribution in [0.25, 0.3) is 0 Å². The van der Waals surface area contributed by atoms with Crippen LogP contribution in [-0.4, -0.2) is 66.7 Å². The normalized spacial score (nSPS) is 21.6. The van der Waals surface area contributed by atoms with Gasteiger partial charge in [-0.2, -0.15) is 0 Å². The molecular weight excluding hydrogens is 500 g/mol. The van der Waals surface area contributed by atoms with E-state index in [1.165, 1.54) is 31.2 Å². The second kappa shape index (κ2) is 11.9. The predicted octanol–water partition coefficient (Wildman–Crippen LogP) is 2.61. The van der Waals surface area contributed by atoms with Crippen LogP contribution in [0.5, 0.6) is 0 Å². The van der Waals surface area contributed by atoms with Gasteiger partial charge < -0.3 is 28.4 Å². The fourth-order valence-electron chi connectivity index (χ4n) is 4.04. The second-order valence-electron chi connectivity index (χ2n) is 8.71. The number of benzene rings is 2. The van der Waals surface area contributed by atoms with Crippen molar-refractivity contribution < 1.29 is 52.4 Å². The Morgan fingerprint density at radius 2 is 1.16 bits per heavy atom. The molecule has 38 heavy (non-hydrogen) atoms. The first-order valence-corrected chi connectivity index (χ1v) is 11.6. The van der Waals surface area contributed by atoms with Crippen molar-refractivity contribution in [2.75, 3.05) is 13.2 Å². The summed E-state index contributed by atoms with van der Waals surface area (Å²) in [4.78, 5) is 61.7. The molecule has 1 heterocycles. The smallest absolute Gasteiger partial charge is 0.338 e. The number of esters is 5. The number of carbonyl (C=O) groups excluding carboxylic acids is 5. The van der Waals surface area contributed by atoms with Crippen LogP contribution < -0.4 is 0 Å². The van der Waals surface area contributed by atoms with Gasteiger partial charge in [0, 0.05) is 20.8 Å². The lowest BCUT2D eigenvalue weighted by Crippen LogP contribution is -2.62. The summed E-state index contributed by atoms with van der Waals surface area (Å²) in [6, 6.07) is 16.1. The molecule has 11 nitrogen and oxygen atoms in total. The maximum atomic E-state index is 12.8.